The quantitative estimate of drug-likeness (QED) is 0.555. The smallest absolute Gasteiger partial charge is 0.312 e. The maximum absolute atomic E-state index is 12.2. The van der Waals surface area contributed by atoms with Crippen molar-refractivity contribution in [2.45, 2.75) is 53.0 Å². The third-order valence-electron chi connectivity index (χ3n) is 3.26. The number of carbonyl (C=O) groups excluding carboxylic acids is 3. The third kappa shape index (κ3) is 7.11. The molecule has 0 aromatic heterocycles. The highest BCUT2D eigenvalue weighted by molar-refractivity contribution is 5.88. The van der Waals surface area contributed by atoms with E-state index in [0.717, 1.165) is 0 Å². The average Bonchev–Trinajstić information content (AvgIpc) is 2.41. The van der Waals surface area contributed by atoms with Gasteiger partial charge in [-0.05, 0) is 32.1 Å². The lowest BCUT2D eigenvalue weighted by molar-refractivity contribution is -0.130. The first-order valence-corrected chi connectivity index (χ1v) is 6.99. The summed E-state index contributed by atoms with van der Waals surface area (Å²) in [7, 11) is 0. The highest BCUT2D eigenvalue weighted by atomic mass is 16.2. The third-order valence-corrected chi connectivity index (χ3v) is 3.26. The molecule has 116 valence electrons. The monoisotopic (exact) mass is 286 g/mol. The Labute approximate surface area is 122 Å². The first-order chi connectivity index (χ1) is 9.83. The number of Topliss-reactive ketones (excluding diaryl/α,β-unsaturated/α-hetero) is 1. The molecule has 0 saturated heterocycles. The van der Waals surface area contributed by atoms with E-state index >= 15 is 0 Å². The van der Waals surface area contributed by atoms with E-state index in [2.05, 4.69) is 10.6 Å². The van der Waals surface area contributed by atoms with Crippen LogP contribution in [0.5, 0.6) is 0 Å². The van der Waals surface area contributed by atoms with Crippen LogP contribution >= 0.6 is 0 Å². The van der Waals surface area contributed by atoms with Crippen LogP contribution in [0.2, 0.25) is 0 Å². The Bertz CT molecular complexity index is 361. The molecule has 0 rings (SSSR count). The Morgan fingerprint density at radius 1 is 1.30 bits per heavy atom. The van der Waals surface area contributed by atoms with Crippen molar-refractivity contribution in [3.05, 3.63) is 0 Å². The van der Waals surface area contributed by atoms with Crippen molar-refractivity contribution in [2.24, 2.45) is 17.6 Å². The molecule has 6 heteroatoms. The summed E-state index contributed by atoms with van der Waals surface area (Å²) in [5.74, 6) is -0.420. The summed E-state index contributed by atoms with van der Waals surface area (Å²) in [5.41, 5.74) is 4.95. The van der Waals surface area contributed by atoms with Gasteiger partial charge in [0.2, 0.25) is 5.91 Å². The maximum Gasteiger partial charge on any atom is 0.312 e. The Morgan fingerprint density at radius 3 is 2.40 bits per heavy atom. The summed E-state index contributed by atoms with van der Waals surface area (Å²) in [6, 6.07) is -1.29. The van der Waals surface area contributed by atoms with Gasteiger partial charge in [-0.1, -0.05) is 20.8 Å². The molecule has 0 aromatic rings. The molecule has 0 saturated carbocycles. The van der Waals surface area contributed by atoms with Crippen molar-refractivity contribution < 1.29 is 15.8 Å². The number of hydrogen-bond acceptors (Lipinski definition) is 3. The van der Waals surface area contributed by atoms with Crippen LogP contribution in [0.25, 0.3) is 0 Å². The molecule has 0 bridgehead atoms. The molecule has 3 amide bonds. The van der Waals surface area contributed by atoms with Crippen molar-refractivity contribution >= 4 is 17.7 Å². The summed E-state index contributed by atoms with van der Waals surface area (Å²) >= 11 is 0. The van der Waals surface area contributed by atoms with Gasteiger partial charge in [0, 0.05) is 13.8 Å². The minimum Gasteiger partial charge on any atom is -0.352 e. The highest BCUT2D eigenvalue weighted by Crippen LogP contribution is 2.15. The van der Waals surface area contributed by atoms with Gasteiger partial charge in [-0.3, -0.25) is 9.59 Å². The maximum atomic E-state index is 12.2. The number of rotatable bonds is 9. The molecule has 4 N–H and O–H groups in total. The second-order valence-corrected chi connectivity index (χ2v) is 5.22. The average molecular weight is 286 g/mol. The van der Waals surface area contributed by atoms with E-state index in [9.17, 15) is 14.4 Å². The van der Waals surface area contributed by atoms with Crippen LogP contribution in [0.15, 0.2) is 0 Å². The zero-order chi connectivity index (χ0) is 16.4. The van der Waals surface area contributed by atoms with Crippen LogP contribution in [0.3, 0.4) is 0 Å². The van der Waals surface area contributed by atoms with E-state index in [1.54, 1.807) is 0 Å². The molecule has 0 unspecified atom stereocenters. The van der Waals surface area contributed by atoms with E-state index in [1.807, 2.05) is 20.8 Å². The van der Waals surface area contributed by atoms with E-state index in [0.29, 0.717) is 25.8 Å². The number of urea groups is 1. The fraction of sp³-hybridized carbons (Fsp3) is 0.786. The molecule has 0 aromatic carbocycles. The van der Waals surface area contributed by atoms with Gasteiger partial charge >= 0.3 is 6.03 Å². The second-order valence-electron chi connectivity index (χ2n) is 5.22. The van der Waals surface area contributed by atoms with Crippen molar-refractivity contribution in [1.82, 2.24) is 10.6 Å². The van der Waals surface area contributed by atoms with Crippen LogP contribution in [0, 0.1) is 11.8 Å². The molecule has 0 heterocycles. The van der Waals surface area contributed by atoms with E-state index < -0.39 is 12.1 Å². The number of ketones is 1. The number of carbonyl (C=O) groups is 3. The van der Waals surface area contributed by atoms with Gasteiger partial charge in [0.15, 0.2) is 5.78 Å². The molecule has 0 aliphatic rings. The molecule has 0 spiro atoms. The SMILES string of the molecule is [2H]CC(=O)[C@H](CCCNC(N)=O)NC(=O)[C@@H](CC)C(C)C. The lowest BCUT2D eigenvalue weighted by atomic mass is 9.92. The minimum atomic E-state index is -0.669. The summed E-state index contributed by atoms with van der Waals surface area (Å²) in [6.07, 6.45) is 1.60. The zero-order valence-corrected chi connectivity index (χ0v) is 12.6. The fourth-order valence-electron chi connectivity index (χ4n) is 2.07. The number of primary amides is 1. The second kappa shape index (κ2) is 9.34. The van der Waals surface area contributed by atoms with Gasteiger partial charge in [0.1, 0.15) is 0 Å². The molecule has 2 atom stereocenters. The van der Waals surface area contributed by atoms with Gasteiger partial charge in [-0.25, -0.2) is 4.79 Å². The molecular weight excluding hydrogens is 258 g/mol. The van der Waals surface area contributed by atoms with Gasteiger partial charge in [0.05, 0.1) is 6.04 Å². The first kappa shape index (κ1) is 16.5. The number of amides is 3. The summed E-state index contributed by atoms with van der Waals surface area (Å²) in [4.78, 5) is 34.5. The van der Waals surface area contributed by atoms with Crippen molar-refractivity contribution in [3.63, 3.8) is 0 Å². The van der Waals surface area contributed by atoms with Gasteiger partial charge in [-0.15, -0.1) is 0 Å². The molecule has 6 nitrogen and oxygen atoms in total. The van der Waals surface area contributed by atoms with Crippen LogP contribution in [-0.2, 0) is 9.59 Å². The molecule has 0 fully saturated rings. The molecule has 0 aliphatic heterocycles. The topological polar surface area (TPSA) is 101 Å². The van der Waals surface area contributed by atoms with E-state index in [1.165, 1.54) is 0 Å². The predicted molar refractivity (Wildman–Crippen MR) is 78.1 cm³/mol. The fourth-order valence-corrected chi connectivity index (χ4v) is 2.07. The van der Waals surface area contributed by atoms with E-state index in [-0.39, 0.29) is 30.4 Å². The minimum absolute atomic E-state index is 0.144. The Hall–Kier alpha value is -1.59. The lowest BCUT2D eigenvalue weighted by Gasteiger charge is -2.22. The van der Waals surface area contributed by atoms with Crippen molar-refractivity contribution in [3.8, 4) is 0 Å². The largest absolute Gasteiger partial charge is 0.352 e. The molecule has 20 heavy (non-hydrogen) atoms. The molecule has 0 radical (unpaired) electrons. The predicted octanol–water partition coefficient (Wildman–Crippen LogP) is 1.19. The van der Waals surface area contributed by atoms with Gasteiger partial charge in [-0.2, -0.15) is 0 Å². The molecular formula is C14H27N3O3. The number of nitrogens with two attached hydrogens (primary N) is 1. The van der Waals surface area contributed by atoms with Crippen molar-refractivity contribution in [1.29, 1.82) is 0 Å². The van der Waals surface area contributed by atoms with E-state index in [4.69, 9.17) is 7.10 Å². The summed E-state index contributed by atoms with van der Waals surface area (Å²) in [5, 5.41) is 5.17. The van der Waals surface area contributed by atoms with Gasteiger partial charge in [0.25, 0.3) is 0 Å². The summed E-state index contributed by atoms with van der Waals surface area (Å²) < 4.78 is 7.18. The lowest BCUT2D eigenvalue weighted by Crippen LogP contribution is -2.44. The van der Waals surface area contributed by atoms with Gasteiger partial charge < -0.3 is 16.4 Å². The highest BCUT2D eigenvalue weighted by Gasteiger charge is 2.24. The Morgan fingerprint density at radius 2 is 1.95 bits per heavy atom. The Balaban J connectivity index is 4.51. The zero-order valence-electron chi connectivity index (χ0n) is 13.6. The Kier molecular flexibility index (Phi) is 7.69. The normalized spacial score (nSPS) is 14.3. The van der Waals surface area contributed by atoms with Crippen molar-refractivity contribution in [2.75, 3.05) is 6.54 Å². The summed E-state index contributed by atoms with van der Waals surface area (Å²) in [6.45, 7) is 5.83. The standard InChI is InChI=1S/C14H27N3O3/c1-5-11(9(2)3)13(19)17-12(10(4)18)7-6-8-16-14(15)20/h9,11-12H,5-8H2,1-4H3,(H,17,19)(H3,15,16,20)/t11-,12-/m0/s1/i4D. The number of hydrogen-bond donors (Lipinski definition) is 3. The van der Waals surface area contributed by atoms with Crippen LogP contribution in [-0.4, -0.2) is 30.3 Å². The van der Waals surface area contributed by atoms with Crippen LogP contribution in [0.1, 0.15) is 48.3 Å². The number of nitrogens with one attached hydrogen (secondary N) is 2. The first-order valence-electron chi connectivity index (χ1n) is 7.69. The van der Waals surface area contributed by atoms with Crippen LogP contribution in [0.4, 0.5) is 4.79 Å². The van der Waals surface area contributed by atoms with Crippen LogP contribution < -0.4 is 16.4 Å². The molecule has 0 aliphatic carbocycles.